The summed E-state index contributed by atoms with van der Waals surface area (Å²) < 4.78 is 1.91. The predicted molar refractivity (Wildman–Crippen MR) is 335 cm³/mol. The molecule has 0 N–H and O–H groups in total. The number of amides is 2. The highest BCUT2D eigenvalue weighted by atomic mass is 79.9. The van der Waals surface area contributed by atoms with Gasteiger partial charge in [-0.3, -0.25) is 9.59 Å². The molecule has 2 amide bonds. The maximum absolute atomic E-state index is 15.3. The minimum Gasteiger partial charge on any atom is -0.307 e. The minimum absolute atomic E-state index is 0.0495. The topological polar surface area (TPSA) is 40.6 Å². The number of benzene rings is 4. The lowest BCUT2D eigenvalue weighted by molar-refractivity contribution is -0.114. The van der Waals surface area contributed by atoms with Crippen LogP contribution in [0.2, 0.25) is 0 Å². The van der Waals surface area contributed by atoms with Crippen LogP contribution < -0.4 is 20.2 Å². The number of hydrogen-bond donors (Lipinski definition) is 0. The molecule has 0 aromatic heterocycles. The van der Waals surface area contributed by atoms with Crippen LogP contribution >= 0.6 is 31.9 Å². The molecule has 4 nitrogen and oxygen atoms in total. The Kier molecular flexibility index (Phi) is 26.5. The highest BCUT2D eigenvalue weighted by Crippen LogP contribution is 2.39. The van der Waals surface area contributed by atoms with E-state index >= 15 is 9.59 Å². The van der Waals surface area contributed by atoms with Crippen LogP contribution in [0.4, 0.5) is 11.4 Å². The van der Waals surface area contributed by atoms with Gasteiger partial charge in [-0.2, -0.15) is 0 Å². The second-order valence-corrected chi connectivity index (χ2v) is 22.3. The fourth-order valence-corrected chi connectivity index (χ4v) is 11.2. The van der Waals surface area contributed by atoms with Crippen LogP contribution in [0.25, 0.3) is 21.9 Å². The van der Waals surface area contributed by atoms with Gasteiger partial charge in [0.2, 0.25) is 0 Å². The second-order valence-electron chi connectivity index (χ2n) is 20.5. The van der Waals surface area contributed by atoms with Crippen molar-refractivity contribution in [2.24, 2.45) is 11.8 Å². The largest absolute Gasteiger partial charge is 0.307 e. The molecule has 0 bridgehead atoms. The van der Waals surface area contributed by atoms with Crippen molar-refractivity contribution in [3.8, 4) is 95.2 Å². The van der Waals surface area contributed by atoms with Gasteiger partial charge in [0, 0.05) is 49.2 Å². The Hall–Kier alpha value is -6.74. The van der Waals surface area contributed by atoms with Crippen molar-refractivity contribution in [1.29, 1.82) is 0 Å². The smallest absolute Gasteiger partial charge is 0.259 e. The number of nitrogens with zero attached hydrogens (tertiary/aromatic N) is 2. The van der Waals surface area contributed by atoms with Gasteiger partial charge in [-0.15, -0.1) is 6.42 Å². The van der Waals surface area contributed by atoms with Crippen molar-refractivity contribution >= 4 is 77.0 Å². The van der Waals surface area contributed by atoms with Gasteiger partial charge >= 0.3 is 0 Å². The van der Waals surface area contributed by atoms with Crippen molar-refractivity contribution < 1.29 is 9.59 Å². The maximum atomic E-state index is 15.3. The molecule has 4 aromatic carbocycles. The van der Waals surface area contributed by atoms with Gasteiger partial charge in [-0.05, 0) is 143 Å². The van der Waals surface area contributed by atoms with E-state index < -0.39 is 0 Å². The zero-order valence-electron chi connectivity index (χ0n) is 46.3. The first-order chi connectivity index (χ1) is 38.3. The molecule has 2 heterocycles. The highest BCUT2D eigenvalue weighted by Gasteiger charge is 2.37. The predicted octanol–water partition coefficient (Wildman–Crippen LogP) is 15.4. The standard InChI is InChI=1S/C72H74Br2N2O2/c1-5-9-13-17-21-23-24-25-26-27-28-30-34-38-42-58(40-36-32-20-16-12-8-4)56-76-70-64-52-53-65-67(59-43-47-61(73)48-44-59)71(77)75(55-57(39-35-31-19-15-11-7-3)41-37-33-29-22-18-14-10-6-2)69(65)63(64)51-54-66(70)68(72(76)78)60-45-49-62(74)50-46-60/h1,43-54,57-58H,6-8,10-12,14-16,18-20,22,29,31-33,35-37,39-41,55-56H2,2-4H3. The minimum atomic E-state index is -0.167. The molecule has 6 rings (SSSR count). The lowest BCUT2D eigenvalue weighted by Gasteiger charge is -2.27. The number of halogens is 2. The molecule has 0 spiro atoms. The average Bonchev–Trinajstić information content (AvgIpc) is 4.11. The van der Waals surface area contributed by atoms with Crippen LogP contribution in [0.15, 0.2) is 81.7 Å². The molecule has 6 heteroatoms. The summed E-state index contributed by atoms with van der Waals surface area (Å²) in [7, 11) is 0. The van der Waals surface area contributed by atoms with E-state index in [1.54, 1.807) is 0 Å². The van der Waals surface area contributed by atoms with Crippen molar-refractivity contribution in [3.05, 3.63) is 103 Å². The van der Waals surface area contributed by atoms with E-state index in [9.17, 15) is 0 Å². The third kappa shape index (κ3) is 18.2. The number of fused-ring (bicyclic) bond motifs is 5. The Balaban J connectivity index is 1.42. The van der Waals surface area contributed by atoms with Crippen LogP contribution in [0.5, 0.6) is 0 Å². The lowest BCUT2D eigenvalue weighted by Crippen LogP contribution is -2.34. The van der Waals surface area contributed by atoms with E-state index in [2.05, 4.69) is 183 Å². The number of unbranched alkanes of at least 4 members (excludes halogenated alkanes) is 17. The van der Waals surface area contributed by atoms with Crippen molar-refractivity contribution in [2.45, 2.75) is 168 Å². The first-order valence-electron chi connectivity index (χ1n) is 28.8. The maximum Gasteiger partial charge on any atom is 0.259 e. The lowest BCUT2D eigenvalue weighted by atomic mass is 9.93. The molecule has 4 aromatic rings. The van der Waals surface area contributed by atoms with Crippen molar-refractivity contribution in [1.82, 2.24) is 0 Å². The number of anilines is 2. The Morgan fingerprint density at radius 2 is 0.756 bits per heavy atom. The molecule has 2 aliphatic heterocycles. The molecule has 78 heavy (non-hydrogen) atoms. The number of carbonyl (C=O) groups excluding carboxylic acids is 2. The van der Waals surface area contributed by atoms with Gasteiger partial charge in [0.05, 0.1) is 22.5 Å². The Morgan fingerprint density at radius 1 is 0.410 bits per heavy atom. The summed E-state index contributed by atoms with van der Waals surface area (Å²) in [5, 5.41) is 3.76. The van der Waals surface area contributed by atoms with Crippen LogP contribution in [0.3, 0.4) is 0 Å². The number of carbonyl (C=O) groups is 2. The van der Waals surface area contributed by atoms with Gasteiger partial charge in [-0.25, -0.2) is 0 Å². The molecule has 2 aliphatic rings. The van der Waals surface area contributed by atoms with Crippen LogP contribution in [0.1, 0.15) is 180 Å². The van der Waals surface area contributed by atoms with Crippen molar-refractivity contribution in [2.75, 3.05) is 22.9 Å². The summed E-state index contributed by atoms with van der Waals surface area (Å²) in [5.74, 6) is 40.6. The van der Waals surface area contributed by atoms with E-state index in [0.717, 1.165) is 96.8 Å². The monoisotopic (exact) mass is 1160 g/mol. The SMILES string of the molecule is C#CC#CC#CC#CC#CC#CC#CC#CC(CCCCCCCC)CN1C(=O)C(c2ccc(Br)cc2)=c2ccc3c4c(ccc3c21)=C(c1ccc(Br)cc1)C(=O)N4CC(CCCCCCCC)CCCCCCCCCC. The molecular formula is C72H74Br2N2O2. The van der Waals surface area contributed by atoms with Crippen LogP contribution in [-0.4, -0.2) is 24.9 Å². The van der Waals surface area contributed by atoms with Crippen LogP contribution in [-0.2, 0) is 9.59 Å². The van der Waals surface area contributed by atoms with Gasteiger partial charge < -0.3 is 9.80 Å². The third-order valence-corrected chi connectivity index (χ3v) is 15.7. The Morgan fingerprint density at radius 3 is 1.15 bits per heavy atom. The van der Waals surface area contributed by atoms with Gasteiger partial charge in [0.15, 0.2) is 0 Å². The Labute approximate surface area is 485 Å². The fourth-order valence-electron chi connectivity index (χ4n) is 10.7. The molecular weight excluding hydrogens is 1080 g/mol. The summed E-state index contributed by atoms with van der Waals surface area (Å²) in [4.78, 5) is 34.7. The molecule has 0 aliphatic carbocycles. The summed E-state index contributed by atoms with van der Waals surface area (Å²) >= 11 is 7.27. The quantitative estimate of drug-likeness (QED) is 0.0402. The fraction of sp³-hybridized carbons (Fsp3) is 0.417. The van der Waals surface area contributed by atoms with Gasteiger partial charge in [-0.1, -0.05) is 235 Å². The van der Waals surface area contributed by atoms with Crippen LogP contribution in [0, 0.1) is 107 Å². The zero-order chi connectivity index (χ0) is 55.2. The molecule has 398 valence electrons. The van der Waals surface area contributed by atoms with Gasteiger partial charge in [0.25, 0.3) is 11.8 Å². The van der Waals surface area contributed by atoms with E-state index in [1.807, 2.05) is 41.3 Å². The second kappa shape index (κ2) is 34.2. The number of rotatable bonds is 29. The van der Waals surface area contributed by atoms with E-state index in [4.69, 9.17) is 6.42 Å². The van der Waals surface area contributed by atoms with E-state index in [-0.39, 0.29) is 17.7 Å². The van der Waals surface area contributed by atoms with E-state index in [1.165, 1.54) is 109 Å². The first-order valence-corrected chi connectivity index (χ1v) is 30.4. The molecule has 2 atom stereocenters. The molecule has 2 unspecified atom stereocenters. The van der Waals surface area contributed by atoms with Gasteiger partial charge in [0.1, 0.15) is 0 Å². The summed E-state index contributed by atoms with van der Waals surface area (Å²) in [6, 6.07) is 24.7. The molecule has 0 radical (unpaired) electrons. The first kappa shape index (κ1) is 60.5. The number of hydrogen-bond acceptors (Lipinski definition) is 2. The molecule has 0 saturated carbocycles. The zero-order valence-corrected chi connectivity index (χ0v) is 49.5. The molecule has 0 fully saturated rings. The third-order valence-electron chi connectivity index (χ3n) is 14.7. The number of terminal acetylenes is 1. The Bertz CT molecular complexity index is 3350. The average molecular weight is 1160 g/mol. The summed E-state index contributed by atoms with van der Waals surface area (Å²) in [5.41, 5.74) is 4.97. The normalized spacial score (nSPS) is 12.6. The highest BCUT2D eigenvalue weighted by molar-refractivity contribution is 9.10. The molecule has 0 saturated heterocycles. The van der Waals surface area contributed by atoms with Crippen molar-refractivity contribution in [3.63, 3.8) is 0 Å². The summed E-state index contributed by atoms with van der Waals surface area (Å²) in [6.45, 7) is 7.83. The van der Waals surface area contributed by atoms with E-state index in [0.29, 0.717) is 24.6 Å². The summed E-state index contributed by atoms with van der Waals surface area (Å²) in [6.07, 6.45) is 32.7.